The quantitative estimate of drug-likeness (QED) is 0.896. The van der Waals surface area contributed by atoms with E-state index in [1.165, 1.54) is 44.2 Å². The Morgan fingerprint density at radius 3 is 2.58 bits per heavy atom. The van der Waals surface area contributed by atoms with Gasteiger partial charge in [0.15, 0.2) is 0 Å². The summed E-state index contributed by atoms with van der Waals surface area (Å²) in [5.41, 5.74) is 1.17. The molecule has 0 saturated heterocycles. The molecule has 1 N–H and O–H groups in total. The van der Waals surface area contributed by atoms with Gasteiger partial charge >= 0.3 is 0 Å². The molecule has 1 heterocycles. The van der Waals surface area contributed by atoms with Gasteiger partial charge in [0.1, 0.15) is 5.82 Å². The second kappa shape index (κ2) is 5.40. The third-order valence-electron chi connectivity index (χ3n) is 4.58. The number of hydrogen-bond acceptors (Lipinski definition) is 3. The van der Waals surface area contributed by atoms with Crippen LogP contribution in [0.2, 0.25) is 0 Å². The van der Waals surface area contributed by atoms with E-state index in [1.54, 1.807) is 0 Å². The standard InChI is InChI=1S/C16H25N3/c1-19(2)16-9-8-15(11-17-16)18-14-5-3-4-13(10-14)12-6-7-12/h8-9,11-14,18H,3-7,10H2,1-2H3. The SMILES string of the molecule is CN(C)c1ccc(NC2CCCC(C3CC3)C2)cn1. The van der Waals surface area contributed by atoms with Gasteiger partial charge in [0, 0.05) is 20.1 Å². The highest BCUT2D eigenvalue weighted by Crippen LogP contribution is 2.44. The van der Waals surface area contributed by atoms with Gasteiger partial charge in [-0.05, 0) is 49.7 Å². The molecule has 1 aromatic heterocycles. The Morgan fingerprint density at radius 1 is 1.11 bits per heavy atom. The highest BCUT2D eigenvalue weighted by Gasteiger charge is 2.34. The van der Waals surface area contributed by atoms with Gasteiger partial charge in [-0.3, -0.25) is 0 Å². The highest BCUT2D eigenvalue weighted by molar-refractivity contribution is 5.48. The summed E-state index contributed by atoms with van der Waals surface area (Å²) < 4.78 is 0. The van der Waals surface area contributed by atoms with Crippen LogP contribution in [0, 0.1) is 11.8 Å². The molecule has 0 aromatic carbocycles. The molecule has 2 fully saturated rings. The maximum absolute atomic E-state index is 4.47. The average Bonchev–Trinajstić information content (AvgIpc) is 3.24. The Balaban J connectivity index is 1.57. The van der Waals surface area contributed by atoms with E-state index in [1.807, 2.05) is 25.2 Å². The van der Waals surface area contributed by atoms with E-state index in [4.69, 9.17) is 0 Å². The van der Waals surface area contributed by atoms with E-state index in [9.17, 15) is 0 Å². The van der Waals surface area contributed by atoms with Gasteiger partial charge in [0.05, 0.1) is 11.9 Å². The Labute approximate surface area is 116 Å². The molecular weight excluding hydrogens is 234 g/mol. The summed E-state index contributed by atoms with van der Waals surface area (Å²) in [5.74, 6) is 3.06. The van der Waals surface area contributed by atoms with Crippen molar-refractivity contribution in [1.29, 1.82) is 0 Å². The third-order valence-corrected chi connectivity index (χ3v) is 4.58. The fourth-order valence-corrected chi connectivity index (χ4v) is 3.33. The lowest BCUT2D eigenvalue weighted by Crippen LogP contribution is -2.28. The fraction of sp³-hybridized carbons (Fsp3) is 0.688. The van der Waals surface area contributed by atoms with Gasteiger partial charge < -0.3 is 10.2 Å². The zero-order valence-electron chi connectivity index (χ0n) is 12.1. The van der Waals surface area contributed by atoms with Gasteiger partial charge in [-0.1, -0.05) is 12.8 Å². The third kappa shape index (κ3) is 3.20. The number of anilines is 2. The first kappa shape index (κ1) is 12.8. The molecule has 0 amide bonds. The molecule has 104 valence electrons. The Kier molecular flexibility index (Phi) is 3.63. The van der Waals surface area contributed by atoms with Crippen LogP contribution in [0.5, 0.6) is 0 Å². The van der Waals surface area contributed by atoms with E-state index in [-0.39, 0.29) is 0 Å². The van der Waals surface area contributed by atoms with Crippen LogP contribution in [0.4, 0.5) is 11.5 Å². The van der Waals surface area contributed by atoms with Crippen molar-refractivity contribution in [3.05, 3.63) is 18.3 Å². The van der Waals surface area contributed by atoms with Crippen molar-refractivity contribution >= 4 is 11.5 Å². The van der Waals surface area contributed by atoms with Crippen molar-refractivity contribution in [2.45, 2.75) is 44.6 Å². The van der Waals surface area contributed by atoms with Crippen molar-refractivity contribution in [3.8, 4) is 0 Å². The molecule has 0 spiro atoms. The van der Waals surface area contributed by atoms with Crippen LogP contribution in [0.3, 0.4) is 0 Å². The molecule has 2 aliphatic carbocycles. The van der Waals surface area contributed by atoms with Crippen molar-refractivity contribution in [2.24, 2.45) is 11.8 Å². The van der Waals surface area contributed by atoms with Gasteiger partial charge in [0.2, 0.25) is 0 Å². The summed E-state index contributed by atoms with van der Waals surface area (Å²) in [4.78, 5) is 6.51. The summed E-state index contributed by atoms with van der Waals surface area (Å²) >= 11 is 0. The topological polar surface area (TPSA) is 28.2 Å². The zero-order chi connectivity index (χ0) is 13.2. The van der Waals surface area contributed by atoms with Crippen LogP contribution in [-0.2, 0) is 0 Å². The van der Waals surface area contributed by atoms with E-state index in [2.05, 4.69) is 22.4 Å². The zero-order valence-corrected chi connectivity index (χ0v) is 12.1. The second-order valence-electron chi connectivity index (χ2n) is 6.40. The minimum atomic E-state index is 0.659. The number of nitrogens with zero attached hydrogens (tertiary/aromatic N) is 2. The minimum absolute atomic E-state index is 0.659. The van der Waals surface area contributed by atoms with E-state index in [0.717, 1.165) is 17.7 Å². The number of aromatic nitrogens is 1. The fourth-order valence-electron chi connectivity index (χ4n) is 3.33. The maximum Gasteiger partial charge on any atom is 0.128 e. The smallest absolute Gasteiger partial charge is 0.128 e. The van der Waals surface area contributed by atoms with Crippen LogP contribution in [0.25, 0.3) is 0 Å². The van der Waals surface area contributed by atoms with Crippen LogP contribution in [-0.4, -0.2) is 25.1 Å². The molecular formula is C16H25N3. The van der Waals surface area contributed by atoms with E-state index >= 15 is 0 Å². The number of nitrogens with one attached hydrogen (secondary N) is 1. The second-order valence-corrected chi connectivity index (χ2v) is 6.40. The molecule has 0 bridgehead atoms. The molecule has 1 aromatic rings. The molecule has 3 heteroatoms. The molecule has 3 nitrogen and oxygen atoms in total. The normalized spacial score (nSPS) is 27.1. The van der Waals surface area contributed by atoms with Gasteiger partial charge in [-0.25, -0.2) is 4.98 Å². The van der Waals surface area contributed by atoms with Crippen molar-refractivity contribution in [1.82, 2.24) is 4.98 Å². The molecule has 2 atom stereocenters. The van der Waals surface area contributed by atoms with Crippen molar-refractivity contribution in [3.63, 3.8) is 0 Å². The van der Waals surface area contributed by atoms with Crippen LogP contribution < -0.4 is 10.2 Å². The van der Waals surface area contributed by atoms with E-state index in [0.29, 0.717) is 6.04 Å². The molecule has 2 unspecified atom stereocenters. The molecule has 0 aliphatic heterocycles. The van der Waals surface area contributed by atoms with E-state index < -0.39 is 0 Å². The molecule has 2 saturated carbocycles. The average molecular weight is 259 g/mol. The Bertz CT molecular complexity index is 409. The monoisotopic (exact) mass is 259 g/mol. The first-order valence-electron chi connectivity index (χ1n) is 7.62. The first-order chi connectivity index (χ1) is 9.22. The minimum Gasteiger partial charge on any atom is -0.381 e. The number of pyridine rings is 1. The predicted octanol–water partition coefficient (Wildman–Crippen LogP) is 3.53. The summed E-state index contributed by atoms with van der Waals surface area (Å²) in [6, 6.07) is 4.90. The molecule has 2 aliphatic rings. The van der Waals surface area contributed by atoms with Crippen LogP contribution >= 0.6 is 0 Å². The summed E-state index contributed by atoms with van der Waals surface area (Å²) in [6.45, 7) is 0. The van der Waals surface area contributed by atoms with Crippen LogP contribution in [0.1, 0.15) is 38.5 Å². The lowest BCUT2D eigenvalue weighted by molar-refractivity contribution is 0.303. The Morgan fingerprint density at radius 2 is 1.95 bits per heavy atom. The lowest BCUT2D eigenvalue weighted by atomic mass is 9.82. The number of rotatable bonds is 4. The molecule has 3 rings (SSSR count). The van der Waals surface area contributed by atoms with Crippen molar-refractivity contribution < 1.29 is 0 Å². The summed E-state index contributed by atoms with van der Waals surface area (Å²) in [5, 5.41) is 3.68. The Hall–Kier alpha value is -1.25. The molecule has 19 heavy (non-hydrogen) atoms. The van der Waals surface area contributed by atoms with Crippen molar-refractivity contribution in [2.75, 3.05) is 24.3 Å². The maximum atomic E-state index is 4.47. The predicted molar refractivity (Wildman–Crippen MR) is 80.7 cm³/mol. The lowest BCUT2D eigenvalue weighted by Gasteiger charge is -2.30. The number of hydrogen-bond donors (Lipinski definition) is 1. The van der Waals surface area contributed by atoms with Crippen LogP contribution in [0.15, 0.2) is 18.3 Å². The highest BCUT2D eigenvalue weighted by atomic mass is 15.1. The van der Waals surface area contributed by atoms with Gasteiger partial charge in [-0.15, -0.1) is 0 Å². The summed E-state index contributed by atoms with van der Waals surface area (Å²) in [6.07, 6.45) is 10.5. The first-order valence-corrected chi connectivity index (χ1v) is 7.62. The largest absolute Gasteiger partial charge is 0.381 e. The van der Waals surface area contributed by atoms with Gasteiger partial charge in [-0.2, -0.15) is 0 Å². The summed E-state index contributed by atoms with van der Waals surface area (Å²) in [7, 11) is 4.05. The van der Waals surface area contributed by atoms with Gasteiger partial charge in [0.25, 0.3) is 0 Å². The molecule has 0 radical (unpaired) electrons.